The van der Waals surface area contributed by atoms with Crippen LogP contribution >= 0.6 is 0 Å². The summed E-state index contributed by atoms with van der Waals surface area (Å²) in [5, 5.41) is 10.1. The molecule has 1 aromatic rings. The van der Waals surface area contributed by atoms with Crippen molar-refractivity contribution in [2.24, 2.45) is 0 Å². The van der Waals surface area contributed by atoms with Crippen LogP contribution in [-0.2, 0) is 10.0 Å². The van der Waals surface area contributed by atoms with Crippen LogP contribution in [0.2, 0.25) is 0 Å². The summed E-state index contributed by atoms with van der Waals surface area (Å²) in [5.41, 5.74) is -0.236. The van der Waals surface area contributed by atoms with Crippen LogP contribution in [0.5, 0.6) is 0 Å². The van der Waals surface area contributed by atoms with Crippen LogP contribution in [0, 0.1) is 10.1 Å². The SMILES string of the molecule is CS(=O)(=O)n1ccc([N+](=O)[O-])c1. The summed E-state index contributed by atoms with van der Waals surface area (Å²) in [7, 11) is -3.40. The molecule has 0 radical (unpaired) electrons. The van der Waals surface area contributed by atoms with Gasteiger partial charge in [0, 0.05) is 12.3 Å². The molecule has 0 atom stereocenters. The normalized spacial score (nSPS) is 11.4. The predicted octanol–water partition coefficient (Wildman–Crippen LogP) is 0.204. The van der Waals surface area contributed by atoms with Crippen molar-refractivity contribution in [1.29, 1.82) is 0 Å². The summed E-state index contributed by atoms with van der Waals surface area (Å²) < 4.78 is 22.4. The molecule has 6 nitrogen and oxygen atoms in total. The van der Waals surface area contributed by atoms with E-state index in [4.69, 9.17) is 0 Å². The molecule has 1 aromatic heterocycles. The Morgan fingerprint density at radius 1 is 1.58 bits per heavy atom. The average Bonchev–Trinajstić information content (AvgIpc) is 2.30. The zero-order chi connectivity index (χ0) is 9.35. The van der Waals surface area contributed by atoms with Gasteiger partial charge >= 0.3 is 0 Å². The molecule has 0 bridgehead atoms. The third-order valence-corrected chi connectivity index (χ3v) is 2.24. The van der Waals surface area contributed by atoms with E-state index in [2.05, 4.69) is 0 Å². The van der Waals surface area contributed by atoms with Crippen molar-refractivity contribution < 1.29 is 13.3 Å². The molecule has 0 N–H and O–H groups in total. The molecule has 0 aliphatic rings. The molecule has 0 aliphatic carbocycles. The lowest BCUT2D eigenvalue weighted by molar-refractivity contribution is -0.384. The first-order valence-electron chi connectivity index (χ1n) is 2.94. The van der Waals surface area contributed by atoms with Crippen molar-refractivity contribution in [1.82, 2.24) is 3.97 Å². The van der Waals surface area contributed by atoms with E-state index in [1.807, 2.05) is 0 Å². The standard InChI is InChI=1S/C5H6N2O4S/c1-12(10,11)6-3-2-5(4-6)7(8)9/h2-4H,1H3. The van der Waals surface area contributed by atoms with Crippen molar-refractivity contribution in [3.63, 3.8) is 0 Å². The van der Waals surface area contributed by atoms with Gasteiger partial charge in [-0.3, -0.25) is 10.1 Å². The van der Waals surface area contributed by atoms with Gasteiger partial charge in [0.25, 0.3) is 5.69 Å². The van der Waals surface area contributed by atoms with Gasteiger partial charge in [-0.25, -0.2) is 12.4 Å². The molecule has 66 valence electrons. The maximum absolute atomic E-state index is 10.8. The Labute approximate surface area is 68.6 Å². The molecule has 0 saturated carbocycles. The van der Waals surface area contributed by atoms with Crippen molar-refractivity contribution in [2.75, 3.05) is 6.26 Å². The molecule has 12 heavy (non-hydrogen) atoms. The molecule has 0 saturated heterocycles. The number of nitrogens with zero attached hydrogens (tertiary/aromatic N) is 2. The minimum absolute atomic E-state index is 0.236. The van der Waals surface area contributed by atoms with Crippen LogP contribution in [0.15, 0.2) is 18.5 Å². The molecule has 0 amide bonds. The minimum atomic E-state index is -3.40. The highest BCUT2D eigenvalue weighted by Crippen LogP contribution is 2.11. The van der Waals surface area contributed by atoms with Crippen LogP contribution in [0.3, 0.4) is 0 Å². The van der Waals surface area contributed by atoms with E-state index in [1.165, 1.54) is 0 Å². The summed E-state index contributed by atoms with van der Waals surface area (Å²) in [6.45, 7) is 0. The van der Waals surface area contributed by atoms with Crippen molar-refractivity contribution in [3.05, 3.63) is 28.6 Å². The molecule has 1 rings (SSSR count). The fourth-order valence-electron chi connectivity index (χ4n) is 0.681. The summed E-state index contributed by atoms with van der Waals surface area (Å²) in [5.74, 6) is 0. The van der Waals surface area contributed by atoms with Crippen molar-refractivity contribution in [3.8, 4) is 0 Å². The van der Waals surface area contributed by atoms with Gasteiger partial charge in [-0.05, 0) is 0 Å². The summed E-state index contributed by atoms with van der Waals surface area (Å²) in [4.78, 5) is 9.49. The number of nitro groups is 1. The molecule has 0 spiro atoms. The van der Waals surface area contributed by atoms with Gasteiger partial charge in [-0.1, -0.05) is 0 Å². The van der Waals surface area contributed by atoms with E-state index in [0.29, 0.717) is 0 Å². The maximum atomic E-state index is 10.8. The molecule has 0 unspecified atom stereocenters. The van der Waals surface area contributed by atoms with Crippen molar-refractivity contribution in [2.45, 2.75) is 0 Å². The highest BCUT2D eigenvalue weighted by Gasteiger charge is 2.11. The smallest absolute Gasteiger partial charge is 0.258 e. The van der Waals surface area contributed by atoms with Crippen LogP contribution in [0.25, 0.3) is 0 Å². The lowest BCUT2D eigenvalue weighted by atomic mass is 10.6. The Morgan fingerprint density at radius 2 is 2.17 bits per heavy atom. The summed E-state index contributed by atoms with van der Waals surface area (Å²) in [6, 6.07) is 1.13. The van der Waals surface area contributed by atoms with Gasteiger partial charge in [0.1, 0.15) is 0 Å². The molecule has 1 heterocycles. The number of hydrogen-bond donors (Lipinski definition) is 0. The highest BCUT2D eigenvalue weighted by molar-refractivity contribution is 7.89. The third kappa shape index (κ3) is 1.62. The van der Waals surface area contributed by atoms with E-state index in [-0.39, 0.29) is 5.69 Å². The quantitative estimate of drug-likeness (QED) is 0.492. The third-order valence-electron chi connectivity index (χ3n) is 1.25. The van der Waals surface area contributed by atoms with E-state index in [1.54, 1.807) is 0 Å². The number of aromatic nitrogens is 1. The lowest BCUT2D eigenvalue weighted by Gasteiger charge is -1.94. The first kappa shape index (κ1) is 8.72. The van der Waals surface area contributed by atoms with E-state index in [0.717, 1.165) is 28.7 Å². The Hall–Kier alpha value is -1.37. The van der Waals surface area contributed by atoms with Crippen LogP contribution in [0.1, 0.15) is 0 Å². The minimum Gasteiger partial charge on any atom is -0.258 e. The Morgan fingerprint density at radius 3 is 2.42 bits per heavy atom. The van der Waals surface area contributed by atoms with Gasteiger partial charge in [0.2, 0.25) is 10.0 Å². The fraction of sp³-hybridized carbons (Fsp3) is 0.200. The van der Waals surface area contributed by atoms with Crippen LogP contribution in [-0.4, -0.2) is 23.6 Å². The Bertz CT molecular complexity index is 405. The summed E-state index contributed by atoms with van der Waals surface area (Å²) >= 11 is 0. The monoisotopic (exact) mass is 190 g/mol. The van der Waals surface area contributed by atoms with Gasteiger partial charge in [0.15, 0.2) is 0 Å². The molecule has 7 heteroatoms. The zero-order valence-corrected chi connectivity index (χ0v) is 6.98. The topological polar surface area (TPSA) is 82.2 Å². The Kier molecular flexibility index (Phi) is 1.89. The first-order valence-corrected chi connectivity index (χ1v) is 4.79. The van der Waals surface area contributed by atoms with Gasteiger partial charge in [-0.2, -0.15) is 0 Å². The highest BCUT2D eigenvalue weighted by atomic mass is 32.2. The van der Waals surface area contributed by atoms with Crippen molar-refractivity contribution >= 4 is 15.7 Å². The second kappa shape index (κ2) is 2.59. The zero-order valence-electron chi connectivity index (χ0n) is 6.17. The fourth-order valence-corrected chi connectivity index (χ4v) is 1.26. The molecule has 0 aliphatic heterocycles. The summed E-state index contributed by atoms with van der Waals surface area (Å²) in [6.07, 6.45) is 3.06. The largest absolute Gasteiger partial charge is 0.288 e. The predicted molar refractivity (Wildman–Crippen MR) is 41.3 cm³/mol. The first-order chi connectivity index (χ1) is 5.41. The second-order valence-electron chi connectivity index (χ2n) is 2.22. The molecular weight excluding hydrogens is 184 g/mol. The Balaban J connectivity index is 3.17. The average molecular weight is 190 g/mol. The maximum Gasteiger partial charge on any atom is 0.288 e. The lowest BCUT2D eigenvalue weighted by Crippen LogP contribution is -2.06. The second-order valence-corrected chi connectivity index (χ2v) is 4.11. The molecular formula is C5H6N2O4S. The van der Waals surface area contributed by atoms with Gasteiger partial charge in [-0.15, -0.1) is 0 Å². The molecule has 0 fully saturated rings. The van der Waals surface area contributed by atoms with Crippen LogP contribution in [0.4, 0.5) is 5.69 Å². The van der Waals surface area contributed by atoms with Gasteiger partial charge < -0.3 is 0 Å². The number of hydrogen-bond acceptors (Lipinski definition) is 4. The molecule has 0 aromatic carbocycles. The van der Waals surface area contributed by atoms with E-state index >= 15 is 0 Å². The van der Waals surface area contributed by atoms with Crippen LogP contribution < -0.4 is 0 Å². The number of rotatable bonds is 2. The van der Waals surface area contributed by atoms with E-state index < -0.39 is 14.9 Å². The van der Waals surface area contributed by atoms with Gasteiger partial charge in [0.05, 0.1) is 17.4 Å². The van der Waals surface area contributed by atoms with E-state index in [9.17, 15) is 18.5 Å².